The van der Waals surface area contributed by atoms with Gasteiger partial charge in [-0.15, -0.1) is 0 Å². The van der Waals surface area contributed by atoms with Gasteiger partial charge in [-0.2, -0.15) is 4.91 Å². The molecule has 72 heavy (non-hydrogen) atoms. The van der Waals surface area contributed by atoms with Crippen LogP contribution in [0.2, 0.25) is 0 Å². The fourth-order valence-corrected chi connectivity index (χ4v) is 8.71. The molecular formula is C52H75Cl2NO17. The first kappa shape index (κ1) is 62.1. The first-order valence-corrected chi connectivity index (χ1v) is 24.8. The first-order chi connectivity index (χ1) is 33.8. The number of carbonyl (C=O) groups excluding carboxylic acids is 3. The zero-order valence-electron chi connectivity index (χ0n) is 43.5. The van der Waals surface area contributed by atoms with Crippen LogP contribution in [0.3, 0.4) is 0 Å². The highest BCUT2D eigenvalue weighted by molar-refractivity contribution is 6.32. The van der Waals surface area contributed by atoms with E-state index in [0.29, 0.717) is 23.8 Å². The van der Waals surface area contributed by atoms with Crippen LogP contribution < -0.4 is 0 Å². The number of aliphatic hydroxyl groups is 5. The molecule has 0 aromatic carbocycles. The maximum Gasteiger partial charge on any atom is 0.342 e. The van der Waals surface area contributed by atoms with Gasteiger partial charge in [-0.1, -0.05) is 92.0 Å². The summed E-state index contributed by atoms with van der Waals surface area (Å²) < 4.78 is 47.7. The Hall–Kier alpha value is -4.21. The van der Waals surface area contributed by atoms with Crippen LogP contribution in [0.25, 0.3) is 0 Å². The summed E-state index contributed by atoms with van der Waals surface area (Å²) in [4.78, 5) is 52.3. The number of rotatable bonds is 15. The van der Waals surface area contributed by atoms with E-state index in [-0.39, 0.29) is 41.4 Å². The summed E-state index contributed by atoms with van der Waals surface area (Å²) in [6, 6.07) is -1.46. The molecule has 3 aliphatic heterocycles. The molecule has 3 heterocycles. The molecule has 0 aliphatic carbocycles. The molecule has 3 aliphatic rings. The summed E-state index contributed by atoms with van der Waals surface area (Å²) in [5.74, 6) is -4.10. The van der Waals surface area contributed by atoms with Crippen molar-refractivity contribution in [1.29, 1.82) is 0 Å². The minimum absolute atomic E-state index is 0.0535. The van der Waals surface area contributed by atoms with Gasteiger partial charge in [0.2, 0.25) is 0 Å². The first-order valence-electron chi connectivity index (χ1n) is 24.1. The summed E-state index contributed by atoms with van der Waals surface area (Å²) in [5.41, 5.74) is 0.600. The zero-order chi connectivity index (χ0) is 54.4. The molecule has 0 spiro atoms. The van der Waals surface area contributed by atoms with Gasteiger partial charge >= 0.3 is 17.9 Å². The van der Waals surface area contributed by atoms with E-state index in [1.165, 1.54) is 27.0 Å². The second kappa shape index (κ2) is 28.5. The van der Waals surface area contributed by atoms with Gasteiger partial charge in [0.15, 0.2) is 36.6 Å². The molecule has 0 aromatic heterocycles. The average molecular weight is 1060 g/mol. The normalized spacial score (nSPS) is 35.4. The highest BCUT2D eigenvalue weighted by Crippen LogP contribution is 2.38. The van der Waals surface area contributed by atoms with Crippen molar-refractivity contribution in [3.63, 3.8) is 0 Å². The summed E-state index contributed by atoms with van der Waals surface area (Å²) in [6.45, 7) is 20.0. The van der Waals surface area contributed by atoms with Crippen molar-refractivity contribution < 1.29 is 77.8 Å². The van der Waals surface area contributed by atoms with E-state index >= 15 is 0 Å². The van der Waals surface area contributed by atoms with Gasteiger partial charge in [-0.25, -0.2) is 9.59 Å². The van der Waals surface area contributed by atoms with Crippen molar-refractivity contribution >= 4 is 41.1 Å². The lowest BCUT2D eigenvalue weighted by Gasteiger charge is -2.47. The second-order valence-electron chi connectivity index (χ2n) is 19.0. The Balaban J connectivity index is 1.92. The van der Waals surface area contributed by atoms with Crippen LogP contribution in [0.1, 0.15) is 109 Å². The number of cyclic esters (lactones) is 1. The van der Waals surface area contributed by atoms with Crippen LogP contribution >= 0.6 is 23.2 Å². The predicted molar refractivity (Wildman–Crippen MR) is 269 cm³/mol. The Morgan fingerprint density at radius 3 is 2.24 bits per heavy atom. The Labute approximate surface area is 432 Å². The van der Waals surface area contributed by atoms with E-state index in [1.54, 1.807) is 60.6 Å². The predicted octanol–water partition coefficient (Wildman–Crippen LogP) is 8.43. The Bertz CT molecular complexity index is 2150. The van der Waals surface area contributed by atoms with E-state index in [0.717, 1.165) is 5.57 Å². The summed E-state index contributed by atoms with van der Waals surface area (Å²) in [5, 5.41) is 57.3. The van der Waals surface area contributed by atoms with Gasteiger partial charge in [0.25, 0.3) is 0 Å². The molecule has 20 heteroatoms. The van der Waals surface area contributed by atoms with Crippen molar-refractivity contribution in [2.24, 2.45) is 17.0 Å². The van der Waals surface area contributed by atoms with Crippen LogP contribution in [0.15, 0.2) is 97.2 Å². The average Bonchev–Trinajstić information content (AvgIpc) is 3.31. The lowest BCUT2D eigenvalue weighted by atomic mass is 9.87. The van der Waals surface area contributed by atoms with Gasteiger partial charge in [0.1, 0.15) is 46.9 Å². The third kappa shape index (κ3) is 16.4. The molecule has 2 fully saturated rings. The minimum Gasteiger partial charge on any atom is -0.514 e. The number of hydrogen-bond donors (Lipinski definition) is 5. The molecule has 404 valence electrons. The molecule has 18 nitrogen and oxygen atoms in total. The van der Waals surface area contributed by atoms with Crippen molar-refractivity contribution in [2.75, 3.05) is 13.7 Å². The van der Waals surface area contributed by atoms with Crippen LogP contribution in [0.4, 0.5) is 0 Å². The molecule has 3 rings (SSSR count). The van der Waals surface area contributed by atoms with E-state index < -0.39 is 126 Å². The Kier molecular flexibility index (Phi) is 24.5. The number of allylic oxidation sites excluding steroid dienone is 6. The van der Waals surface area contributed by atoms with E-state index in [2.05, 4.69) is 5.18 Å². The largest absolute Gasteiger partial charge is 0.514 e. The molecule has 5 N–H and O–H groups in total. The SMILES string of the molecule is CCC(/C(C(=O)OC1C(C)OC(OC/C2=C\C=C\CC(O)/C(C)=C/C(CC)C(OC3OC(C)(C)C(OC(=O)C(C)C)C(O)C3N=O)/C(C)=C/C(C)=C/CC(C)OC2=O)C(OC)C1O)=C(O)\C(Cl)=C\O)=C(/C)Cl. The van der Waals surface area contributed by atoms with Crippen LogP contribution in [0, 0.1) is 16.7 Å². The summed E-state index contributed by atoms with van der Waals surface area (Å²) in [7, 11) is 1.28. The quantitative estimate of drug-likeness (QED) is 0.0196. The number of halogens is 2. The van der Waals surface area contributed by atoms with E-state index in [4.69, 9.17) is 61.1 Å². The molecule has 2 saturated heterocycles. The number of aliphatic hydroxyl groups excluding tert-OH is 5. The fraction of sp³-hybridized carbons (Fsp3) is 0.635. The Morgan fingerprint density at radius 1 is 1.00 bits per heavy atom. The molecular weight excluding hydrogens is 981 g/mol. The van der Waals surface area contributed by atoms with E-state index in [9.17, 15) is 44.8 Å². The monoisotopic (exact) mass is 1060 g/mol. The highest BCUT2D eigenvalue weighted by atomic mass is 35.5. The number of nitroso groups, excluding NO2 is 1. The number of methoxy groups -OCH3 is 1. The molecule has 0 saturated carbocycles. The summed E-state index contributed by atoms with van der Waals surface area (Å²) in [6.07, 6.45) is -1.17. The van der Waals surface area contributed by atoms with Gasteiger partial charge < -0.3 is 63.4 Å². The van der Waals surface area contributed by atoms with Gasteiger partial charge in [-0.3, -0.25) is 4.79 Å². The fourth-order valence-electron chi connectivity index (χ4n) is 8.38. The van der Waals surface area contributed by atoms with Crippen LogP contribution in [-0.4, -0.2) is 136 Å². The van der Waals surface area contributed by atoms with Gasteiger partial charge in [0, 0.05) is 24.5 Å². The maximum atomic E-state index is 13.8. The van der Waals surface area contributed by atoms with Gasteiger partial charge in [0.05, 0.1) is 36.4 Å². The van der Waals surface area contributed by atoms with Crippen molar-refractivity contribution in [3.8, 4) is 0 Å². The number of nitrogens with zero attached hydrogens (tertiary/aromatic N) is 1. The Morgan fingerprint density at radius 2 is 1.67 bits per heavy atom. The minimum atomic E-state index is -1.56. The maximum absolute atomic E-state index is 13.8. The smallest absolute Gasteiger partial charge is 0.342 e. The standard InChI is InChI=1S/C52H75Cl2NO17/c1-14-33-23-28(6)37(57)19-17-16-18-34(25-66-51-45(65-13)42(60)44(32(10)68-51)69-49(63)38(35(15-2)31(9)53)40(58)36(54)24-56)48(62)67-30(8)21-20-27(5)22-29(7)43(33)70-50-39(55-64)41(59)46(52(11,12)72-50)71-47(61)26(3)4/h16-18,20,22-24,26,30,32-33,37,39,41-46,50-51,56-60H,14-15,19,21,25H2,1-13H3/b17-16+,27-20+,28-23+,29-22+,34-18+,35-31+,36-24-,40-38-. The van der Waals surface area contributed by atoms with Crippen molar-refractivity contribution in [1.82, 2.24) is 0 Å². The number of ether oxygens (including phenoxy) is 8. The molecule has 0 radical (unpaired) electrons. The van der Waals surface area contributed by atoms with Crippen LogP contribution in [-0.2, 0) is 52.3 Å². The molecule has 0 amide bonds. The lowest BCUT2D eigenvalue weighted by molar-refractivity contribution is -0.303. The van der Waals surface area contributed by atoms with Crippen LogP contribution in [0.5, 0.6) is 0 Å². The topological polar surface area (TPSA) is 256 Å². The molecule has 0 aromatic rings. The van der Waals surface area contributed by atoms with Crippen molar-refractivity contribution in [3.05, 3.63) is 96.9 Å². The van der Waals surface area contributed by atoms with E-state index in [1.807, 2.05) is 39.0 Å². The third-order valence-corrected chi connectivity index (χ3v) is 13.1. The number of hydrogen-bond acceptors (Lipinski definition) is 18. The summed E-state index contributed by atoms with van der Waals surface area (Å²) >= 11 is 12.2. The second-order valence-corrected chi connectivity index (χ2v) is 20.0. The van der Waals surface area contributed by atoms with Crippen molar-refractivity contribution in [2.45, 2.75) is 188 Å². The molecule has 13 atom stereocenters. The van der Waals surface area contributed by atoms with Gasteiger partial charge in [-0.05, 0) is 97.4 Å². The number of esters is 3. The zero-order valence-corrected chi connectivity index (χ0v) is 45.0. The molecule has 0 bridgehead atoms. The third-order valence-electron chi connectivity index (χ3n) is 12.6. The molecule has 13 unspecified atom stereocenters. The highest BCUT2D eigenvalue weighted by Gasteiger charge is 2.54. The number of carbonyl (C=O) groups is 3. The lowest BCUT2D eigenvalue weighted by Crippen LogP contribution is -2.64.